The first-order valence-corrected chi connectivity index (χ1v) is 10.9. The Kier molecular flexibility index (Phi) is 5.90. The Bertz CT molecular complexity index is 993. The van der Waals surface area contributed by atoms with Gasteiger partial charge in [0.25, 0.3) is 0 Å². The van der Waals surface area contributed by atoms with Crippen molar-refractivity contribution in [3.63, 3.8) is 0 Å². The number of carbonyl (C=O) groups is 2. The number of amides is 1. The van der Waals surface area contributed by atoms with Crippen molar-refractivity contribution >= 4 is 17.6 Å². The maximum Gasteiger partial charge on any atom is 0.337 e. The van der Waals surface area contributed by atoms with E-state index in [9.17, 15) is 9.59 Å². The molecule has 1 heterocycles. The minimum absolute atomic E-state index is 0.148. The number of fused-ring (bicyclic) bond motifs is 2. The molecule has 31 heavy (non-hydrogen) atoms. The largest absolute Gasteiger partial charge is 0.496 e. The van der Waals surface area contributed by atoms with Gasteiger partial charge in [0.15, 0.2) is 0 Å². The van der Waals surface area contributed by atoms with Crippen LogP contribution in [0.2, 0.25) is 0 Å². The molecule has 2 aromatic rings. The fraction of sp³-hybridized carbons (Fsp3) is 0.440. The fourth-order valence-corrected chi connectivity index (χ4v) is 4.96. The molecule has 1 aliphatic carbocycles. The van der Waals surface area contributed by atoms with Gasteiger partial charge in [-0.15, -0.1) is 0 Å². The normalized spacial score (nSPS) is 16.9. The number of esters is 1. The van der Waals surface area contributed by atoms with Crippen LogP contribution >= 0.6 is 0 Å². The monoisotopic (exact) mass is 423 g/mol. The molecule has 0 saturated heterocycles. The van der Waals surface area contributed by atoms with E-state index in [0.717, 1.165) is 48.2 Å². The smallest absolute Gasteiger partial charge is 0.337 e. The third-order valence-electron chi connectivity index (χ3n) is 6.48. The van der Waals surface area contributed by atoms with E-state index >= 15 is 0 Å². The van der Waals surface area contributed by atoms with Crippen LogP contribution < -0.4 is 14.4 Å². The predicted octanol–water partition coefficient (Wildman–Crippen LogP) is 4.63. The SMILES string of the molecule is CCOc1ccc2c(c1)C1(CCCCC1)C(=O)N2Cc1ccc(C(=O)OC)cc1OC. The summed E-state index contributed by atoms with van der Waals surface area (Å²) in [5, 5.41) is 0. The standard InChI is InChI=1S/C25H29NO5/c1-4-31-19-10-11-21-20(15-19)25(12-6-5-7-13-25)24(28)26(21)16-18-9-8-17(23(27)30-3)14-22(18)29-2/h8-11,14-15H,4-7,12-13,16H2,1-3H3. The van der Waals surface area contributed by atoms with E-state index in [4.69, 9.17) is 14.2 Å². The van der Waals surface area contributed by atoms with Gasteiger partial charge in [0.05, 0.1) is 38.3 Å². The van der Waals surface area contributed by atoms with E-state index < -0.39 is 11.4 Å². The van der Waals surface area contributed by atoms with Crippen LogP contribution in [0, 0.1) is 0 Å². The molecule has 1 saturated carbocycles. The molecule has 164 valence electrons. The average Bonchev–Trinajstić information content (AvgIpc) is 3.02. The van der Waals surface area contributed by atoms with Crippen molar-refractivity contribution in [1.82, 2.24) is 0 Å². The van der Waals surface area contributed by atoms with E-state index in [-0.39, 0.29) is 5.91 Å². The maximum atomic E-state index is 13.8. The van der Waals surface area contributed by atoms with Crippen LogP contribution in [0.4, 0.5) is 5.69 Å². The molecule has 6 heteroatoms. The van der Waals surface area contributed by atoms with Gasteiger partial charge in [-0.1, -0.05) is 25.3 Å². The quantitative estimate of drug-likeness (QED) is 0.634. The fourth-order valence-electron chi connectivity index (χ4n) is 4.96. The lowest BCUT2D eigenvalue weighted by atomic mass is 9.70. The Morgan fingerprint density at radius 1 is 1.06 bits per heavy atom. The van der Waals surface area contributed by atoms with Gasteiger partial charge < -0.3 is 19.1 Å². The Morgan fingerprint density at radius 3 is 2.52 bits per heavy atom. The number of nitrogens with zero attached hydrogens (tertiary/aromatic N) is 1. The number of carbonyl (C=O) groups excluding carboxylic acids is 2. The summed E-state index contributed by atoms with van der Waals surface area (Å²) in [4.78, 5) is 27.6. The van der Waals surface area contributed by atoms with Crippen LogP contribution in [-0.4, -0.2) is 32.7 Å². The van der Waals surface area contributed by atoms with E-state index in [1.54, 1.807) is 19.2 Å². The van der Waals surface area contributed by atoms with Gasteiger partial charge in [-0.3, -0.25) is 4.79 Å². The molecule has 1 amide bonds. The lowest BCUT2D eigenvalue weighted by Gasteiger charge is -2.32. The van der Waals surface area contributed by atoms with Crippen LogP contribution in [0.1, 0.15) is 60.5 Å². The van der Waals surface area contributed by atoms with Crippen LogP contribution in [-0.2, 0) is 21.5 Å². The summed E-state index contributed by atoms with van der Waals surface area (Å²) in [6.07, 6.45) is 5.00. The van der Waals surface area contributed by atoms with Crippen LogP contribution in [0.3, 0.4) is 0 Å². The molecule has 1 fully saturated rings. The number of rotatable bonds is 6. The second kappa shape index (κ2) is 8.61. The first-order chi connectivity index (χ1) is 15.0. The van der Waals surface area contributed by atoms with Gasteiger partial charge in [0.2, 0.25) is 5.91 Å². The van der Waals surface area contributed by atoms with E-state index in [1.165, 1.54) is 13.5 Å². The Morgan fingerprint density at radius 2 is 1.84 bits per heavy atom. The lowest BCUT2D eigenvalue weighted by Crippen LogP contribution is -2.41. The Hall–Kier alpha value is -3.02. The van der Waals surface area contributed by atoms with Crippen molar-refractivity contribution in [2.24, 2.45) is 0 Å². The summed E-state index contributed by atoms with van der Waals surface area (Å²) in [7, 11) is 2.92. The van der Waals surface area contributed by atoms with E-state index in [0.29, 0.717) is 24.5 Å². The van der Waals surface area contributed by atoms with Gasteiger partial charge >= 0.3 is 5.97 Å². The summed E-state index contributed by atoms with van der Waals surface area (Å²) in [5.41, 5.74) is 2.81. The van der Waals surface area contributed by atoms with Gasteiger partial charge in [0, 0.05) is 11.3 Å². The molecular weight excluding hydrogens is 394 g/mol. The Balaban J connectivity index is 1.73. The third kappa shape index (κ3) is 3.64. The molecule has 2 aliphatic rings. The summed E-state index contributed by atoms with van der Waals surface area (Å²) in [6.45, 7) is 2.94. The molecule has 1 spiro atoms. The average molecular weight is 424 g/mol. The number of benzene rings is 2. The van der Waals surface area contributed by atoms with Gasteiger partial charge in [0.1, 0.15) is 11.5 Å². The van der Waals surface area contributed by atoms with Crippen molar-refractivity contribution in [2.45, 2.75) is 51.0 Å². The predicted molar refractivity (Wildman–Crippen MR) is 118 cm³/mol. The van der Waals surface area contributed by atoms with Gasteiger partial charge in [-0.2, -0.15) is 0 Å². The highest BCUT2D eigenvalue weighted by Gasteiger charge is 2.51. The third-order valence-corrected chi connectivity index (χ3v) is 6.48. The first-order valence-electron chi connectivity index (χ1n) is 10.9. The number of anilines is 1. The zero-order valence-corrected chi connectivity index (χ0v) is 18.4. The maximum absolute atomic E-state index is 13.8. The molecule has 6 nitrogen and oxygen atoms in total. The molecule has 0 unspecified atom stereocenters. The zero-order valence-electron chi connectivity index (χ0n) is 18.4. The summed E-state index contributed by atoms with van der Waals surface area (Å²) < 4.78 is 16.1. The summed E-state index contributed by atoms with van der Waals surface area (Å²) in [6, 6.07) is 11.2. The molecule has 0 bridgehead atoms. The highest BCUT2D eigenvalue weighted by atomic mass is 16.5. The highest BCUT2D eigenvalue weighted by Crippen LogP contribution is 2.51. The Labute approximate surface area is 183 Å². The minimum atomic E-state index is -0.472. The van der Waals surface area contributed by atoms with E-state index in [1.807, 2.05) is 30.0 Å². The van der Waals surface area contributed by atoms with Crippen LogP contribution in [0.15, 0.2) is 36.4 Å². The second-order valence-electron chi connectivity index (χ2n) is 8.16. The van der Waals surface area contributed by atoms with Gasteiger partial charge in [-0.05, 0) is 55.7 Å². The molecule has 0 N–H and O–H groups in total. The molecule has 4 rings (SSSR count). The van der Waals surface area contributed by atoms with Gasteiger partial charge in [-0.25, -0.2) is 4.79 Å². The van der Waals surface area contributed by atoms with E-state index in [2.05, 4.69) is 6.07 Å². The molecular formula is C25H29NO5. The summed E-state index contributed by atoms with van der Waals surface area (Å²) >= 11 is 0. The number of hydrogen-bond donors (Lipinski definition) is 0. The van der Waals surface area contributed by atoms with Crippen LogP contribution in [0.25, 0.3) is 0 Å². The molecule has 1 aliphatic heterocycles. The highest BCUT2D eigenvalue weighted by molar-refractivity contribution is 6.08. The topological polar surface area (TPSA) is 65.1 Å². The minimum Gasteiger partial charge on any atom is -0.496 e. The van der Waals surface area contributed by atoms with Crippen molar-refractivity contribution in [3.05, 3.63) is 53.1 Å². The lowest BCUT2D eigenvalue weighted by molar-refractivity contribution is -0.124. The number of methoxy groups -OCH3 is 2. The van der Waals surface area contributed by atoms with Crippen molar-refractivity contribution < 1.29 is 23.8 Å². The number of ether oxygens (including phenoxy) is 3. The summed E-state index contributed by atoms with van der Waals surface area (Å²) in [5.74, 6) is 1.10. The molecule has 0 aromatic heterocycles. The molecule has 2 aromatic carbocycles. The van der Waals surface area contributed by atoms with Crippen LogP contribution in [0.5, 0.6) is 11.5 Å². The number of hydrogen-bond acceptors (Lipinski definition) is 5. The van der Waals surface area contributed by atoms with Crippen molar-refractivity contribution in [2.75, 3.05) is 25.7 Å². The zero-order chi connectivity index (χ0) is 22.0. The first kappa shape index (κ1) is 21.2. The molecule has 0 radical (unpaired) electrons. The van der Waals surface area contributed by atoms with Crippen molar-refractivity contribution in [1.29, 1.82) is 0 Å². The van der Waals surface area contributed by atoms with Crippen molar-refractivity contribution in [3.8, 4) is 11.5 Å². The second-order valence-corrected chi connectivity index (χ2v) is 8.16. The molecule has 0 atom stereocenters.